The van der Waals surface area contributed by atoms with Crippen molar-refractivity contribution >= 4 is 23.2 Å². The molecule has 1 aliphatic heterocycles. The number of anilines is 1. The summed E-state index contributed by atoms with van der Waals surface area (Å²) in [5, 5.41) is 2.90. The van der Waals surface area contributed by atoms with E-state index in [0.717, 1.165) is 36.3 Å². The van der Waals surface area contributed by atoms with Crippen molar-refractivity contribution in [2.45, 2.75) is 25.7 Å². The predicted molar refractivity (Wildman–Crippen MR) is 100 cm³/mol. The Bertz CT molecular complexity index is 911. The van der Waals surface area contributed by atoms with Crippen LogP contribution in [0.25, 0.3) is 11.6 Å². The van der Waals surface area contributed by atoms with Crippen molar-refractivity contribution in [1.82, 2.24) is 4.98 Å². The SMILES string of the molecule is COc1cc2c(cc1OC)C(=Cc1[nH]c3c(c1OC)CCCC3)C(=O)N2. The fourth-order valence-corrected chi connectivity index (χ4v) is 3.82. The number of amides is 1. The zero-order valence-electron chi connectivity index (χ0n) is 15.2. The van der Waals surface area contributed by atoms with Crippen LogP contribution in [0, 0.1) is 0 Å². The number of carbonyl (C=O) groups is 1. The molecule has 0 atom stereocenters. The van der Waals surface area contributed by atoms with Gasteiger partial charge in [0, 0.05) is 22.9 Å². The Morgan fingerprint density at radius 2 is 1.73 bits per heavy atom. The average molecular weight is 354 g/mol. The van der Waals surface area contributed by atoms with Crippen molar-refractivity contribution in [3.8, 4) is 17.2 Å². The number of benzene rings is 1. The number of rotatable bonds is 4. The number of aromatic nitrogens is 1. The molecular weight excluding hydrogens is 332 g/mol. The molecule has 6 nitrogen and oxygen atoms in total. The van der Waals surface area contributed by atoms with Gasteiger partial charge in [0.15, 0.2) is 11.5 Å². The Kier molecular flexibility index (Phi) is 4.11. The molecule has 4 rings (SSSR count). The maximum absolute atomic E-state index is 12.6. The number of hydrogen-bond donors (Lipinski definition) is 2. The topological polar surface area (TPSA) is 72.6 Å². The highest BCUT2D eigenvalue weighted by Gasteiger charge is 2.28. The largest absolute Gasteiger partial charge is 0.494 e. The maximum Gasteiger partial charge on any atom is 0.256 e. The molecule has 1 aromatic carbocycles. The van der Waals surface area contributed by atoms with Crippen LogP contribution in [-0.2, 0) is 17.6 Å². The number of methoxy groups -OCH3 is 3. The van der Waals surface area contributed by atoms with Gasteiger partial charge in [0.25, 0.3) is 5.91 Å². The van der Waals surface area contributed by atoms with Gasteiger partial charge in [0.2, 0.25) is 0 Å². The van der Waals surface area contributed by atoms with Crippen LogP contribution in [0.1, 0.15) is 35.4 Å². The number of aromatic amines is 1. The second kappa shape index (κ2) is 6.44. The molecule has 1 aromatic heterocycles. The molecule has 0 bridgehead atoms. The number of carbonyl (C=O) groups excluding carboxylic acids is 1. The van der Waals surface area contributed by atoms with Crippen molar-refractivity contribution in [2.24, 2.45) is 0 Å². The van der Waals surface area contributed by atoms with Crippen LogP contribution in [0.5, 0.6) is 17.2 Å². The number of nitrogens with one attached hydrogen (secondary N) is 2. The Hall–Kier alpha value is -2.89. The van der Waals surface area contributed by atoms with E-state index in [4.69, 9.17) is 14.2 Å². The molecule has 2 N–H and O–H groups in total. The van der Waals surface area contributed by atoms with Crippen LogP contribution in [0.15, 0.2) is 12.1 Å². The lowest BCUT2D eigenvalue weighted by Crippen LogP contribution is -2.03. The summed E-state index contributed by atoms with van der Waals surface area (Å²) in [6.45, 7) is 0. The van der Waals surface area contributed by atoms with Gasteiger partial charge < -0.3 is 24.5 Å². The summed E-state index contributed by atoms with van der Waals surface area (Å²) >= 11 is 0. The molecule has 6 heteroatoms. The molecule has 0 unspecified atom stereocenters. The van der Waals surface area contributed by atoms with Gasteiger partial charge in [-0.15, -0.1) is 0 Å². The first-order valence-electron chi connectivity index (χ1n) is 8.73. The minimum Gasteiger partial charge on any atom is -0.494 e. The molecular formula is C20H22N2O4. The van der Waals surface area contributed by atoms with E-state index in [1.54, 1.807) is 27.4 Å². The molecule has 0 radical (unpaired) electrons. The van der Waals surface area contributed by atoms with E-state index in [1.165, 1.54) is 17.7 Å². The van der Waals surface area contributed by atoms with E-state index in [-0.39, 0.29) is 5.91 Å². The van der Waals surface area contributed by atoms with Crippen LogP contribution in [0.4, 0.5) is 5.69 Å². The molecule has 136 valence electrons. The second-order valence-electron chi connectivity index (χ2n) is 6.50. The summed E-state index contributed by atoms with van der Waals surface area (Å²) in [5.41, 5.74) is 5.38. The summed E-state index contributed by atoms with van der Waals surface area (Å²) in [4.78, 5) is 16.0. The first kappa shape index (κ1) is 16.6. The number of fused-ring (bicyclic) bond motifs is 2. The van der Waals surface area contributed by atoms with E-state index < -0.39 is 0 Å². The van der Waals surface area contributed by atoms with Crippen molar-refractivity contribution < 1.29 is 19.0 Å². The Balaban J connectivity index is 1.83. The molecule has 0 saturated heterocycles. The van der Waals surface area contributed by atoms with Crippen LogP contribution >= 0.6 is 0 Å². The van der Waals surface area contributed by atoms with Gasteiger partial charge in [-0.2, -0.15) is 0 Å². The van der Waals surface area contributed by atoms with Crippen molar-refractivity contribution in [3.63, 3.8) is 0 Å². The normalized spacial score (nSPS) is 16.9. The number of ether oxygens (including phenoxy) is 3. The summed E-state index contributed by atoms with van der Waals surface area (Å²) in [6, 6.07) is 3.61. The molecule has 2 aliphatic rings. The van der Waals surface area contributed by atoms with Gasteiger partial charge in [-0.05, 0) is 37.8 Å². The van der Waals surface area contributed by atoms with Gasteiger partial charge in [0.05, 0.1) is 38.3 Å². The van der Waals surface area contributed by atoms with Crippen molar-refractivity contribution in [2.75, 3.05) is 26.6 Å². The molecule has 2 heterocycles. The second-order valence-corrected chi connectivity index (χ2v) is 6.50. The minimum absolute atomic E-state index is 0.148. The molecule has 0 spiro atoms. The average Bonchev–Trinajstić information content (AvgIpc) is 3.17. The summed E-state index contributed by atoms with van der Waals surface area (Å²) in [6.07, 6.45) is 6.23. The molecule has 0 fully saturated rings. The third kappa shape index (κ3) is 2.53. The van der Waals surface area contributed by atoms with E-state index in [9.17, 15) is 4.79 Å². The maximum atomic E-state index is 12.6. The van der Waals surface area contributed by atoms with E-state index in [0.29, 0.717) is 22.8 Å². The van der Waals surface area contributed by atoms with Gasteiger partial charge in [-0.25, -0.2) is 0 Å². The number of aryl methyl sites for hydroxylation is 1. The van der Waals surface area contributed by atoms with Gasteiger partial charge in [-0.1, -0.05) is 0 Å². The third-order valence-corrected chi connectivity index (χ3v) is 5.07. The standard InChI is InChI=1S/C20H22N2O4/c1-24-17-9-12-13(20(23)22-15(12)10-18(17)25-2)8-16-19(26-3)11-6-4-5-7-14(11)21-16/h8-10,21H,4-7H2,1-3H3,(H,22,23). The first-order chi connectivity index (χ1) is 12.7. The minimum atomic E-state index is -0.148. The highest BCUT2D eigenvalue weighted by molar-refractivity contribution is 6.35. The highest BCUT2D eigenvalue weighted by Crippen LogP contribution is 2.42. The zero-order valence-corrected chi connectivity index (χ0v) is 15.2. The van der Waals surface area contributed by atoms with Crippen LogP contribution in [0.3, 0.4) is 0 Å². The predicted octanol–water partition coefficient (Wildman–Crippen LogP) is 3.41. The molecule has 26 heavy (non-hydrogen) atoms. The molecule has 1 amide bonds. The Labute approximate surface area is 152 Å². The van der Waals surface area contributed by atoms with Gasteiger partial charge in [0.1, 0.15) is 5.75 Å². The lowest BCUT2D eigenvalue weighted by Gasteiger charge is -2.11. The fourth-order valence-electron chi connectivity index (χ4n) is 3.82. The smallest absolute Gasteiger partial charge is 0.256 e. The lowest BCUT2D eigenvalue weighted by atomic mass is 9.97. The molecule has 1 aliphatic carbocycles. The summed E-state index contributed by atoms with van der Waals surface area (Å²) < 4.78 is 16.3. The van der Waals surface area contributed by atoms with E-state index >= 15 is 0 Å². The van der Waals surface area contributed by atoms with E-state index in [1.807, 2.05) is 12.1 Å². The monoisotopic (exact) mass is 354 g/mol. The molecule has 2 aromatic rings. The van der Waals surface area contributed by atoms with Gasteiger partial charge >= 0.3 is 0 Å². The number of H-pyrrole nitrogens is 1. The zero-order chi connectivity index (χ0) is 18.3. The van der Waals surface area contributed by atoms with E-state index in [2.05, 4.69) is 10.3 Å². The Morgan fingerprint density at radius 3 is 2.46 bits per heavy atom. The number of hydrogen-bond acceptors (Lipinski definition) is 4. The van der Waals surface area contributed by atoms with Crippen molar-refractivity contribution in [1.29, 1.82) is 0 Å². The third-order valence-electron chi connectivity index (χ3n) is 5.07. The first-order valence-corrected chi connectivity index (χ1v) is 8.73. The Morgan fingerprint density at radius 1 is 1.00 bits per heavy atom. The fraction of sp³-hybridized carbons (Fsp3) is 0.350. The van der Waals surface area contributed by atoms with Crippen LogP contribution in [0.2, 0.25) is 0 Å². The van der Waals surface area contributed by atoms with Crippen LogP contribution in [-0.4, -0.2) is 32.2 Å². The van der Waals surface area contributed by atoms with Crippen molar-refractivity contribution in [3.05, 3.63) is 34.6 Å². The molecule has 0 saturated carbocycles. The summed E-state index contributed by atoms with van der Waals surface area (Å²) in [7, 11) is 4.84. The highest BCUT2D eigenvalue weighted by atomic mass is 16.5. The summed E-state index contributed by atoms with van der Waals surface area (Å²) in [5.74, 6) is 1.87. The quantitative estimate of drug-likeness (QED) is 0.826. The lowest BCUT2D eigenvalue weighted by molar-refractivity contribution is -0.110. The van der Waals surface area contributed by atoms with Gasteiger partial charge in [-0.3, -0.25) is 4.79 Å². The van der Waals surface area contributed by atoms with Crippen LogP contribution < -0.4 is 19.5 Å².